The number of nitrogens with one attached hydrogen (secondary N) is 1. The van der Waals surface area contributed by atoms with Crippen molar-refractivity contribution in [3.8, 4) is 0 Å². The normalized spacial score (nSPS) is 21.9. The van der Waals surface area contributed by atoms with E-state index in [1.807, 2.05) is 0 Å². The highest BCUT2D eigenvalue weighted by atomic mass is 79.9. The summed E-state index contributed by atoms with van der Waals surface area (Å²) in [5.74, 6) is -1.16. The monoisotopic (exact) mass is 344 g/mol. The fraction of sp³-hybridized carbons (Fsp3) is 0.333. The molecule has 2 atom stereocenters. The van der Waals surface area contributed by atoms with Gasteiger partial charge in [-0.1, -0.05) is 15.9 Å². The highest BCUT2D eigenvalue weighted by Gasteiger charge is 2.32. The first kappa shape index (κ1) is 14.8. The van der Waals surface area contributed by atoms with Gasteiger partial charge in [-0.2, -0.15) is 0 Å². The minimum atomic E-state index is -1.16. The SMILES string of the molecule is O=C(O)c1cc(Br)ccc1NC(=O)N1CC(O)C(O)C1. The number of halogens is 1. The molecule has 0 spiro atoms. The van der Waals surface area contributed by atoms with Crippen LogP contribution in [0.1, 0.15) is 10.4 Å². The highest BCUT2D eigenvalue weighted by Crippen LogP contribution is 2.22. The van der Waals surface area contributed by atoms with Crippen molar-refractivity contribution in [1.82, 2.24) is 4.90 Å². The molecule has 0 aliphatic carbocycles. The average Bonchev–Trinajstić information content (AvgIpc) is 2.71. The van der Waals surface area contributed by atoms with Crippen LogP contribution in [-0.4, -0.2) is 57.5 Å². The molecule has 4 N–H and O–H groups in total. The molecule has 1 saturated heterocycles. The Labute approximate surface area is 122 Å². The molecule has 1 aromatic rings. The Bertz CT molecular complexity index is 541. The molecule has 1 aromatic carbocycles. The van der Waals surface area contributed by atoms with Crippen LogP contribution in [0.3, 0.4) is 0 Å². The first-order valence-corrected chi connectivity index (χ1v) is 6.62. The van der Waals surface area contributed by atoms with Crippen molar-refractivity contribution in [2.45, 2.75) is 12.2 Å². The van der Waals surface area contributed by atoms with Crippen LogP contribution in [0.2, 0.25) is 0 Å². The van der Waals surface area contributed by atoms with Gasteiger partial charge in [0.1, 0.15) is 0 Å². The number of β-amino-alcohol motifs (C(OH)–C–C–N with tert-alkyl or cyclic N) is 2. The number of carboxylic acids is 1. The van der Waals surface area contributed by atoms with Crippen LogP contribution in [0, 0.1) is 0 Å². The number of carbonyl (C=O) groups excluding carboxylic acids is 1. The van der Waals surface area contributed by atoms with Crippen LogP contribution in [0.25, 0.3) is 0 Å². The molecule has 0 saturated carbocycles. The summed E-state index contributed by atoms with van der Waals surface area (Å²) >= 11 is 3.16. The number of likely N-dealkylation sites (tertiary alicyclic amines) is 1. The van der Waals surface area contributed by atoms with E-state index in [-0.39, 0.29) is 24.3 Å². The van der Waals surface area contributed by atoms with Crippen molar-refractivity contribution in [2.24, 2.45) is 0 Å². The van der Waals surface area contributed by atoms with Gasteiger partial charge in [0.05, 0.1) is 36.5 Å². The summed E-state index contributed by atoms with van der Waals surface area (Å²) in [6.07, 6.45) is -1.96. The largest absolute Gasteiger partial charge is 0.478 e. The van der Waals surface area contributed by atoms with Crippen LogP contribution in [0.15, 0.2) is 22.7 Å². The molecule has 1 fully saturated rings. The van der Waals surface area contributed by atoms with Gasteiger partial charge < -0.3 is 25.5 Å². The Kier molecular flexibility index (Phi) is 4.26. The number of anilines is 1. The Morgan fingerprint density at radius 3 is 2.40 bits per heavy atom. The molecule has 1 heterocycles. The fourth-order valence-electron chi connectivity index (χ4n) is 1.93. The zero-order valence-electron chi connectivity index (χ0n) is 10.3. The van der Waals surface area contributed by atoms with E-state index in [1.54, 1.807) is 6.07 Å². The van der Waals surface area contributed by atoms with Crippen LogP contribution >= 0.6 is 15.9 Å². The van der Waals surface area contributed by atoms with Crippen molar-refractivity contribution in [3.63, 3.8) is 0 Å². The summed E-state index contributed by atoms with van der Waals surface area (Å²) in [4.78, 5) is 24.3. The van der Waals surface area contributed by atoms with Gasteiger partial charge >= 0.3 is 12.0 Å². The first-order chi connectivity index (χ1) is 9.38. The van der Waals surface area contributed by atoms with Gasteiger partial charge in [0, 0.05) is 4.47 Å². The molecule has 2 unspecified atom stereocenters. The summed E-state index contributed by atoms with van der Waals surface area (Å²) in [7, 11) is 0. The zero-order chi connectivity index (χ0) is 14.9. The molecule has 1 aliphatic heterocycles. The zero-order valence-corrected chi connectivity index (χ0v) is 11.9. The lowest BCUT2D eigenvalue weighted by Crippen LogP contribution is -2.34. The number of benzene rings is 1. The van der Waals surface area contributed by atoms with Crippen LogP contribution in [0.4, 0.5) is 10.5 Å². The average molecular weight is 345 g/mol. The number of aromatic carboxylic acids is 1. The van der Waals surface area contributed by atoms with Crippen LogP contribution in [0.5, 0.6) is 0 Å². The van der Waals surface area contributed by atoms with Crippen molar-refractivity contribution < 1.29 is 24.9 Å². The minimum Gasteiger partial charge on any atom is -0.478 e. The maximum absolute atomic E-state index is 12.0. The molecular formula is C12H13BrN2O5. The predicted molar refractivity (Wildman–Crippen MR) is 73.7 cm³/mol. The molecule has 7 nitrogen and oxygen atoms in total. The smallest absolute Gasteiger partial charge is 0.337 e. The summed E-state index contributed by atoms with van der Waals surface area (Å²) in [5.41, 5.74) is 0.106. The summed E-state index contributed by atoms with van der Waals surface area (Å²) in [6.45, 7) is 0.0118. The lowest BCUT2D eigenvalue weighted by atomic mass is 10.2. The van der Waals surface area contributed by atoms with Crippen LogP contribution in [-0.2, 0) is 0 Å². The Balaban J connectivity index is 2.14. The van der Waals surface area contributed by atoms with Gasteiger partial charge in [0.15, 0.2) is 0 Å². The summed E-state index contributed by atoms with van der Waals surface area (Å²) < 4.78 is 0.583. The molecule has 1 aliphatic rings. The second-order valence-corrected chi connectivity index (χ2v) is 5.38. The third-order valence-corrected chi connectivity index (χ3v) is 3.49. The van der Waals surface area contributed by atoms with Gasteiger partial charge in [0.25, 0.3) is 0 Å². The molecule has 20 heavy (non-hydrogen) atoms. The van der Waals surface area contributed by atoms with E-state index < -0.39 is 24.2 Å². The Morgan fingerprint density at radius 2 is 1.85 bits per heavy atom. The Morgan fingerprint density at radius 1 is 1.25 bits per heavy atom. The van der Waals surface area contributed by atoms with Crippen LogP contribution < -0.4 is 5.32 Å². The molecular weight excluding hydrogens is 332 g/mol. The lowest BCUT2D eigenvalue weighted by Gasteiger charge is -2.17. The predicted octanol–water partition coefficient (Wildman–Crippen LogP) is 0.717. The van der Waals surface area contributed by atoms with E-state index >= 15 is 0 Å². The summed E-state index contributed by atoms with van der Waals surface area (Å²) in [5, 5.41) is 30.3. The molecule has 108 valence electrons. The van der Waals surface area contributed by atoms with Gasteiger partial charge in [0.2, 0.25) is 0 Å². The van der Waals surface area contributed by atoms with Gasteiger partial charge in [-0.15, -0.1) is 0 Å². The second-order valence-electron chi connectivity index (χ2n) is 4.46. The number of hydrogen-bond donors (Lipinski definition) is 4. The molecule has 2 amide bonds. The van der Waals surface area contributed by atoms with Gasteiger partial charge in [-0.05, 0) is 18.2 Å². The quantitative estimate of drug-likeness (QED) is 0.631. The number of urea groups is 1. The number of rotatable bonds is 2. The number of aliphatic hydroxyl groups is 2. The van der Waals surface area contributed by atoms with Gasteiger partial charge in [-0.25, -0.2) is 9.59 Å². The molecule has 0 radical (unpaired) electrons. The molecule has 2 rings (SSSR count). The van der Waals surface area contributed by atoms with E-state index in [0.29, 0.717) is 4.47 Å². The minimum absolute atomic E-state index is 0.00589. The van der Waals surface area contributed by atoms with E-state index in [0.717, 1.165) is 0 Å². The van der Waals surface area contributed by atoms with Crippen molar-refractivity contribution >= 4 is 33.6 Å². The molecule has 8 heteroatoms. The second kappa shape index (κ2) is 5.78. The van der Waals surface area contributed by atoms with Crippen molar-refractivity contribution in [3.05, 3.63) is 28.2 Å². The number of hydrogen-bond acceptors (Lipinski definition) is 4. The Hall–Kier alpha value is -1.64. The number of amides is 2. The van der Waals surface area contributed by atoms with E-state index in [4.69, 9.17) is 5.11 Å². The third kappa shape index (κ3) is 3.09. The van der Waals surface area contributed by atoms with Crippen molar-refractivity contribution in [2.75, 3.05) is 18.4 Å². The number of carbonyl (C=O) groups is 2. The third-order valence-electron chi connectivity index (χ3n) is 3.00. The molecule has 0 aromatic heterocycles. The highest BCUT2D eigenvalue weighted by molar-refractivity contribution is 9.10. The van der Waals surface area contributed by atoms with Crippen molar-refractivity contribution in [1.29, 1.82) is 0 Å². The molecule has 0 bridgehead atoms. The van der Waals surface area contributed by atoms with Gasteiger partial charge in [-0.3, -0.25) is 0 Å². The maximum atomic E-state index is 12.0. The maximum Gasteiger partial charge on any atom is 0.337 e. The van der Waals surface area contributed by atoms with E-state index in [1.165, 1.54) is 17.0 Å². The fourth-order valence-corrected chi connectivity index (χ4v) is 2.29. The standard InChI is InChI=1S/C12H13BrN2O5/c13-6-1-2-8(7(3-6)11(18)19)14-12(20)15-4-9(16)10(17)5-15/h1-3,9-10,16-17H,4-5H2,(H,14,20)(H,18,19). The number of carboxylic acid groups (broad SMARTS) is 1. The number of aliphatic hydroxyl groups excluding tert-OH is 2. The number of nitrogens with zero attached hydrogens (tertiary/aromatic N) is 1. The topological polar surface area (TPSA) is 110 Å². The van der Waals surface area contributed by atoms with E-state index in [2.05, 4.69) is 21.2 Å². The van der Waals surface area contributed by atoms with E-state index in [9.17, 15) is 19.8 Å². The lowest BCUT2D eigenvalue weighted by molar-refractivity contribution is 0.0572. The first-order valence-electron chi connectivity index (χ1n) is 5.83. The summed E-state index contributed by atoms with van der Waals surface area (Å²) in [6, 6.07) is 3.89.